The van der Waals surface area contributed by atoms with Gasteiger partial charge in [0.25, 0.3) is 0 Å². The minimum absolute atomic E-state index is 0.0225. The number of amides is 2. The molecule has 2 rings (SSSR count). The molecule has 1 aromatic carbocycles. The summed E-state index contributed by atoms with van der Waals surface area (Å²) in [5.41, 5.74) is 6.22. The van der Waals surface area contributed by atoms with Crippen molar-refractivity contribution in [2.45, 2.75) is 13.3 Å². The van der Waals surface area contributed by atoms with E-state index in [0.29, 0.717) is 5.71 Å². The van der Waals surface area contributed by atoms with E-state index in [-0.39, 0.29) is 18.2 Å². The standard InChI is InChI=1S/C16H18N4O3/c1-11-13(16(22)20-18-11)10-15(21)19-17-9-5-7-12-6-3-4-8-14(12)23-2/h3-9,13H,10H2,1-2H3,(H,19,21)(H,20,22)/b7-5+,17-9-/t13-/m0/s1. The van der Waals surface area contributed by atoms with Crippen molar-refractivity contribution in [3.63, 3.8) is 0 Å². The summed E-state index contributed by atoms with van der Waals surface area (Å²) in [6.07, 6.45) is 4.98. The third-order valence-electron chi connectivity index (χ3n) is 3.32. The number of ether oxygens (including phenoxy) is 1. The van der Waals surface area contributed by atoms with Crippen LogP contribution < -0.4 is 15.6 Å². The zero-order valence-electron chi connectivity index (χ0n) is 12.9. The maximum Gasteiger partial charge on any atom is 0.249 e. The van der Waals surface area contributed by atoms with Gasteiger partial charge in [0, 0.05) is 23.9 Å². The maximum absolute atomic E-state index is 11.7. The van der Waals surface area contributed by atoms with E-state index in [0.717, 1.165) is 11.3 Å². The molecule has 1 aromatic rings. The first-order valence-electron chi connectivity index (χ1n) is 7.07. The average Bonchev–Trinajstić information content (AvgIpc) is 2.87. The van der Waals surface area contributed by atoms with E-state index in [4.69, 9.17) is 4.74 Å². The largest absolute Gasteiger partial charge is 0.496 e. The maximum atomic E-state index is 11.7. The summed E-state index contributed by atoms with van der Waals surface area (Å²) in [5.74, 6) is -0.376. The smallest absolute Gasteiger partial charge is 0.249 e. The SMILES string of the molecule is COc1ccccc1/C=C/C=N\NC(=O)C[C@@H]1C(=O)NN=C1C. The second-order valence-electron chi connectivity index (χ2n) is 4.90. The first-order valence-corrected chi connectivity index (χ1v) is 7.07. The molecular formula is C16H18N4O3. The highest BCUT2D eigenvalue weighted by Crippen LogP contribution is 2.18. The molecule has 0 saturated carbocycles. The van der Waals surface area contributed by atoms with Crippen molar-refractivity contribution in [1.29, 1.82) is 0 Å². The Labute approximate surface area is 134 Å². The second-order valence-corrected chi connectivity index (χ2v) is 4.90. The third-order valence-corrected chi connectivity index (χ3v) is 3.32. The van der Waals surface area contributed by atoms with Gasteiger partial charge in [-0.1, -0.05) is 18.2 Å². The Morgan fingerprint density at radius 3 is 2.96 bits per heavy atom. The van der Waals surface area contributed by atoms with Crippen LogP contribution in [-0.4, -0.2) is 30.9 Å². The lowest BCUT2D eigenvalue weighted by atomic mass is 10.0. The van der Waals surface area contributed by atoms with E-state index in [2.05, 4.69) is 21.1 Å². The highest BCUT2D eigenvalue weighted by atomic mass is 16.5. The molecule has 0 radical (unpaired) electrons. The molecule has 1 heterocycles. The van der Waals surface area contributed by atoms with Gasteiger partial charge in [0.15, 0.2) is 0 Å². The van der Waals surface area contributed by atoms with E-state index in [1.54, 1.807) is 20.1 Å². The van der Waals surface area contributed by atoms with E-state index in [9.17, 15) is 9.59 Å². The van der Waals surface area contributed by atoms with Crippen molar-refractivity contribution in [3.05, 3.63) is 35.9 Å². The molecule has 1 atom stereocenters. The van der Waals surface area contributed by atoms with Crippen LogP contribution in [0.4, 0.5) is 0 Å². The molecule has 0 unspecified atom stereocenters. The number of carbonyl (C=O) groups excluding carboxylic acids is 2. The molecule has 1 aliphatic rings. The predicted molar refractivity (Wildman–Crippen MR) is 88.0 cm³/mol. The first-order chi connectivity index (χ1) is 11.1. The Hall–Kier alpha value is -2.96. The summed E-state index contributed by atoms with van der Waals surface area (Å²) < 4.78 is 5.22. The lowest BCUT2D eigenvalue weighted by Crippen LogP contribution is -2.29. The number of allylic oxidation sites excluding steroid dienone is 1. The van der Waals surface area contributed by atoms with Gasteiger partial charge in [-0.2, -0.15) is 10.2 Å². The van der Waals surface area contributed by atoms with Crippen molar-refractivity contribution in [2.75, 3.05) is 7.11 Å². The summed E-state index contributed by atoms with van der Waals surface area (Å²) in [6, 6.07) is 7.55. The molecule has 23 heavy (non-hydrogen) atoms. The number of carbonyl (C=O) groups is 2. The molecule has 1 aliphatic heterocycles. The fraction of sp³-hybridized carbons (Fsp3) is 0.250. The molecule has 120 valence electrons. The molecule has 0 saturated heterocycles. The van der Waals surface area contributed by atoms with Crippen LogP contribution in [0, 0.1) is 5.92 Å². The number of hydrazone groups is 2. The summed E-state index contributed by atoms with van der Waals surface area (Å²) in [7, 11) is 1.60. The minimum atomic E-state index is -0.519. The number of benzene rings is 1. The molecule has 0 fully saturated rings. The van der Waals surface area contributed by atoms with Gasteiger partial charge < -0.3 is 4.74 Å². The normalized spacial score (nSPS) is 17.4. The molecule has 0 aliphatic carbocycles. The van der Waals surface area contributed by atoms with Crippen molar-refractivity contribution < 1.29 is 14.3 Å². The fourth-order valence-electron chi connectivity index (χ4n) is 2.06. The zero-order valence-corrected chi connectivity index (χ0v) is 12.9. The van der Waals surface area contributed by atoms with Crippen LogP contribution >= 0.6 is 0 Å². The van der Waals surface area contributed by atoms with Gasteiger partial charge in [-0.05, 0) is 25.1 Å². The van der Waals surface area contributed by atoms with Gasteiger partial charge in [0.05, 0.1) is 13.0 Å². The van der Waals surface area contributed by atoms with Crippen molar-refractivity contribution in [3.8, 4) is 5.75 Å². The van der Waals surface area contributed by atoms with Crippen LogP contribution in [-0.2, 0) is 9.59 Å². The molecule has 7 nitrogen and oxygen atoms in total. The predicted octanol–water partition coefficient (Wildman–Crippen LogP) is 1.32. The number of hydrogen-bond acceptors (Lipinski definition) is 5. The highest BCUT2D eigenvalue weighted by molar-refractivity contribution is 6.09. The number of para-hydroxylation sites is 1. The minimum Gasteiger partial charge on any atom is -0.496 e. The van der Waals surface area contributed by atoms with Gasteiger partial charge in [-0.3, -0.25) is 9.59 Å². The monoisotopic (exact) mass is 314 g/mol. The van der Waals surface area contributed by atoms with E-state index < -0.39 is 5.92 Å². The third kappa shape index (κ3) is 4.50. The Morgan fingerprint density at radius 1 is 1.48 bits per heavy atom. The molecule has 0 aromatic heterocycles. The van der Waals surface area contributed by atoms with Crippen LogP contribution in [0.5, 0.6) is 5.75 Å². The lowest BCUT2D eigenvalue weighted by molar-refractivity contribution is -0.127. The number of nitrogens with zero attached hydrogens (tertiary/aromatic N) is 2. The van der Waals surface area contributed by atoms with Crippen LogP contribution in [0.1, 0.15) is 18.9 Å². The molecule has 2 amide bonds. The van der Waals surface area contributed by atoms with Crippen molar-refractivity contribution in [1.82, 2.24) is 10.9 Å². The van der Waals surface area contributed by atoms with Gasteiger partial charge in [0.1, 0.15) is 5.75 Å². The Kier molecular flexibility index (Phi) is 5.62. The van der Waals surface area contributed by atoms with Gasteiger partial charge >= 0.3 is 0 Å². The average molecular weight is 314 g/mol. The summed E-state index contributed by atoms with van der Waals surface area (Å²) in [5, 5.41) is 7.60. The van der Waals surface area contributed by atoms with E-state index in [1.807, 2.05) is 30.3 Å². The Morgan fingerprint density at radius 2 is 2.26 bits per heavy atom. The summed E-state index contributed by atoms with van der Waals surface area (Å²) in [6.45, 7) is 1.70. The summed E-state index contributed by atoms with van der Waals surface area (Å²) in [4.78, 5) is 23.2. The Balaban J connectivity index is 1.82. The van der Waals surface area contributed by atoms with Crippen LogP contribution in [0.3, 0.4) is 0 Å². The quantitative estimate of drug-likeness (QED) is 0.613. The van der Waals surface area contributed by atoms with Crippen LogP contribution in [0.15, 0.2) is 40.5 Å². The van der Waals surface area contributed by atoms with Crippen molar-refractivity contribution >= 4 is 29.8 Å². The van der Waals surface area contributed by atoms with E-state index >= 15 is 0 Å². The highest BCUT2D eigenvalue weighted by Gasteiger charge is 2.28. The number of hydrogen-bond donors (Lipinski definition) is 2. The lowest BCUT2D eigenvalue weighted by Gasteiger charge is -2.05. The van der Waals surface area contributed by atoms with Crippen LogP contribution in [0.2, 0.25) is 0 Å². The molecule has 0 bridgehead atoms. The topological polar surface area (TPSA) is 92.1 Å². The van der Waals surface area contributed by atoms with Gasteiger partial charge in [-0.25, -0.2) is 10.9 Å². The molecular weight excluding hydrogens is 296 g/mol. The zero-order chi connectivity index (χ0) is 16.7. The number of nitrogens with one attached hydrogen (secondary N) is 2. The van der Waals surface area contributed by atoms with E-state index in [1.165, 1.54) is 6.21 Å². The second kappa shape index (κ2) is 7.88. The Bertz CT molecular complexity index is 680. The first kappa shape index (κ1) is 16.4. The molecule has 7 heteroatoms. The summed E-state index contributed by atoms with van der Waals surface area (Å²) >= 11 is 0. The number of methoxy groups -OCH3 is 1. The van der Waals surface area contributed by atoms with Crippen molar-refractivity contribution in [2.24, 2.45) is 16.1 Å². The number of rotatable bonds is 6. The fourth-order valence-corrected chi connectivity index (χ4v) is 2.06. The van der Waals surface area contributed by atoms with Gasteiger partial charge in [-0.15, -0.1) is 0 Å². The van der Waals surface area contributed by atoms with Crippen LogP contribution in [0.25, 0.3) is 6.08 Å². The molecule has 0 spiro atoms. The molecule has 2 N–H and O–H groups in total. The van der Waals surface area contributed by atoms with Gasteiger partial charge in [0.2, 0.25) is 11.8 Å².